The fourth-order valence-corrected chi connectivity index (χ4v) is 8.86. The van der Waals surface area contributed by atoms with Crippen molar-refractivity contribution in [1.29, 1.82) is 0 Å². The third-order valence-electron chi connectivity index (χ3n) is 12.0. The lowest BCUT2D eigenvalue weighted by Gasteiger charge is -2.48. The number of pyridine rings is 2. The first-order chi connectivity index (χ1) is 27.5. The van der Waals surface area contributed by atoms with Crippen molar-refractivity contribution in [2.24, 2.45) is 7.05 Å². The van der Waals surface area contributed by atoms with E-state index in [4.69, 9.17) is 9.47 Å². The number of hydrogen-bond donors (Lipinski definition) is 1. The molecule has 5 amide bonds. The number of methoxy groups -OCH3 is 2. The van der Waals surface area contributed by atoms with Crippen molar-refractivity contribution in [2.75, 3.05) is 45.8 Å². The van der Waals surface area contributed by atoms with Gasteiger partial charge in [0.1, 0.15) is 17.5 Å². The number of carbonyl (C=O) groups is 5. The Morgan fingerprint density at radius 1 is 0.912 bits per heavy atom. The van der Waals surface area contributed by atoms with Crippen LogP contribution < -0.4 is 25.2 Å². The van der Waals surface area contributed by atoms with E-state index in [0.717, 1.165) is 71.6 Å². The molecule has 0 radical (unpaired) electrons. The van der Waals surface area contributed by atoms with E-state index >= 15 is 0 Å². The van der Waals surface area contributed by atoms with Crippen molar-refractivity contribution in [2.45, 2.75) is 63.2 Å². The van der Waals surface area contributed by atoms with Crippen LogP contribution in [-0.2, 0) is 28.0 Å². The highest BCUT2D eigenvalue weighted by Crippen LogP contribution is 2.40. The fourth-order valence-electron chi connectivity index (χ4n) is 8.86. The molecule has 4 aliphatic heterocycles. The van der Waals surface area contributed by atoms with Gasteiger partial charge in [-0.15, -0.1) is 0 Å². The summed E-state index contributed by atoms with van der Waals surface area (Å²) in [5.41, 5.74) is 3.70. The molecule has 4 aromatic rings. The van der Waals surface area contributed by atoms with Gasteiger partial charge in [-0.05, 0) is 79.6 Å². The molecule has 3 saturated heterocycles. The summed E-state index contributed by atoms with van der Waals surface area (Å²) in [6.45, 7) is 2.91. The number of ether oxygens (including phenoxy) is 2. The first-order valence-electron chi connectivity index (χ1n) is 19.3. The minimum atomic E-state index is -0.990. The van der Waals surface area contributed by atoms with Crippen molar-refractivity contribution in [3.8, 4) is 22.6 Å². The maximum atomic E-state index is 13.4. The summed E-state index contributed by atoms with van der Waals surface area (Å²) in [7, 11) is 6.67. The zero-order valence-corrected chi connectivity index (χ0v) is 32.4. The van der Waals surface area contributed by atoms with Crippen molar-refractivity contribution in [3.05, 3.63) is 82.0 Å². The minimum absolute atomic E-state index is 0.0228. The summed E-state index contributed by atoms with van der Waals surface area (Å²) in [6, 6.07) is 10.6. The number of rotatable bonds is 12. The Hall–Kier alpha value is -6.09. The Labute approximate surface area is 329 Å². The number of piperidine rings is 1. The van der Waals surface area contributed by atoms with Gasteiger partial charge in [0.05, 0.1) is 42.8 Å². The highest BCUT2D eigenvalue weighted by Gasteiger charge is 2.48. The van der Waals surface area contributed by atoms with Gasteiger partial charge in [-0.3, -0.25) is 48.9 Å². The summed E-state index contributed by atoms with van der Waals surface area (Å²) < 4.78 is 13.2. The lowest BCUT2D eigenvalue weighted by atomic mass is 9.95. The van der Waals surface area contributed by atoms with Gasteiger partial charge in [-0.25, -0.2) is 0 Å². The summed E-state index contributed by atoms with van der Waals surface area (Å²) in [5, 5.41) is 3.52. The number of benzene rings is 2. The van der Waals surface area contributed by atoms with Crippen LogP contribution in [0, 0.1) is 0 Å². The van der Waals surface area contributed by atoms with Gasteiger partial charge in [0.15, 0.2) is 0 Å². The number of aromatic nitrogens is 2. The molecule has 3 fully saturated rings. The molecule has 15 nitrogen and oxygen atoms in total. The Morgan fingerprint density at radius 3 is 2.40 bits per heavy atom. The highest BCUT2D eigenvalue weighted by atomic mass is 16.5. The van der Waals surface area contributed by atoms with Gasteiger partial charge in [0.2, 0.25) is 17.7 Å². The molecular weight excluding hydrogens is 731 g/mol. The highest BCUT2D eigenvalue weighted by molar-refractivity contribution is 6.23. The van der Waals surface area contributed by atoms with Gasteiger partial charge < -0.3 is 23.8 Å². The number of carbonyl (C=O) groups excluding carboxylic acids is 5. The van der Waals surface area contributed by atoms with Crippen LogP contribution in [0.3, 0.4) is 0 Å². The number of amides is 5. The van der Waals surface area contributed by atoms with Gasteiger partial charge >= 0.3 is 0 Å². The van der Waals surface area contributed by atoms with E-state index in [1.165, 1.54) is 4.57 Å². The van der Waals surface area contributed by atoms with Gasteiger partial charge in [-0.1, -0.05) is 0 Å². The summed E-state index contributed by atoms with van der Waals surface area (Å²) >= 11 is 0. The topological polar surface area (TPSA) is 164 Å². The maximum Gasteiger partial charge on any atom is 0.262 e. The third kappa shape index (κ3) is 6.68. The molecule has 1 N–H and O–H groups in total. The number of hydrogen-bond acceptors (Lipinski definition) is 11. The lowest BCUT2D eigenvalue weighted by Crippen LogP contribution is -2.62. The second-order valence-electron chi connectivity index (χ2n) is 15.2. The van der Waals surface area contributed by atoms with Crippen LogP contribution in [0.15, 0.2) is 59.8 Å². The zero-order valence-electron chi connectivity index (χ0n) is 32.4. The van der Waals surface area contributed by atoms with Crippen LogP contribution in [0.5, 0.6) is 11.5 Å². The number of imide groups is 2. The van der Waals surface area contributed by atoms with Crippen LogP contribution in [0.1, 0.15) is 64.8 Å². The molecular formula is C42H45N7O8. The predicted octanol–water partition coefficient (Wildman–Crippen LogP) is 3.11. The average Bonchev–Trinajstić information content (AvgIpc) is 3.64. The molecule has 0 bridgehead atoms. The first-order valence-corrected chi connectivity index (χ1v) is 19.3. The van der Waals surface area contributed by atoms with Crippen molar-refractivity contribution in [1.82, 2.24) is 29.6 Å². The molecule has 0 saturated carbocycles. The van der Waals surface area contributed by atoms with Gasteiger partial charge in [0, 0.05) is 82.0 Å². The monoisotopic (exact) mass is 775 g/mol. The van der Waals surface area contributed by atoms with Crippen LogP contribution in [-0.4, -0.2) is 113 Å². The third-order valence-corrected chi connectivity index (χ3v) is 12.0. The summed E-state index contributed by atoms with van der Waals surface area (Å²) in [5.74, 6) is -0.855. The van der Waals surface area contributed by atoms with E-state index in [0.29, 0.717) is 35.9 Å². The number of fused-ring (bicyclic) bond motifs is 3. The Bertz CT molecular complexity index is 2370. The molecule has 6 heterocycles. The number of nitrogens with one attached hydrogen (secondary N) is 1. The number of likely N-dealkylation sites (tertiary alicyclic amines) is 1. The van der Waals surface area contributed by atoms with E-state index in [1.54, 1.807) is 63.9 Å². The zero-order chi connectivity index (χ0) is 40.1. The van der Waals surface area contributed by atoms with E-state index in [9.17, 15) is 28.8 Å². The molecule has 2 aromatic carbocycles. The molecule has 4 aliphatic rings. The van der Waals surface area contributed by atoms with Crippen LogP contribution >= 0.6 is 0 Å². The molecule has 57 heavy (non-hydrogen) atoms. The smallest absolute Gasteiger partial charge is 0.262 e. The quantitative estimate of drug-likeness (QED) is 0.166. The summed E-state index contributed by atoms with van der Waals surface area (Å²) in [4.78, 5) is 88.3. The molecule has 0 spiro atoms. The van der Waals surface area contributed by atoms with E-state index in [1.807, 2.05) is 24.3 Å². The van der Waals surface area contributed by atoms with Gasteiger partial charge in [0.25, 0.3) is 17.4 Å². The van der Waals surface area contributed by atoms with E-state index in [2.05, 4.69) is 20.1 Å². The lowest BCUT2D eigenvalue weighted by molar-refractivity contribution is -0.136. The molecule has 2 aromatic heterocycles. The van der Waals surface area contributed by atoms with Crippen LogP contribution in [0.2, 0.25) is 0 Å². The molecule has 3 atom stereocenters. The summed E-state index contributed by atoms with van der Waals surface area (Å²) in [6.07, 6.45) is 8.22. The van der Waals surface area contributed by atoms with Gasteiger partial charge in [-0.2, -0.15) is 0 Å². The normalized spacial score (nSPS) is 20.4. The maximum absolute atomic E-state index is 13.4. The van der Waals surface area contributed by atoms with Crippen molar-refractivity contribution >= 4 is 46.0 Å². The van der Waals surface area contributed by atoms with E-state index in [-0.39, 0.29) is 41.5 Å². The van der Waals surface area contributed by atoms with Crippen LogP contribution in [0.25, 0.3) is 21.9 Å². The first kappa shape index (κ1) is 37.8. The van der Waals surface area contributed by atoms with Crippen molar-refractivity contribution < 1.29 is 33.4 Å². The Morgan fingerprint density at radius 2 is 1.67 bits per heavy atom. The second kappa shape index (κ2) is 15.1. The molecule has 3 unspecified atom stereocenters. The number of aryl methyl sites for hydroxylation is 1. The number of nitrogens with zero attached hydrogens (tertiary/aromatic N) is 6. The fraction of sp³-hybridized carbons (Fsp3) is 0.405. The Kier molecular flexibility index (Phi) is 10.0. The van der Waals surface area contributed by atoms with Crippen molar-refractivity contribution in [3.63, 3.8) is 0 Å². The Balaban J connectivity index is 0.845. The molecule has 0 aliphatic carbocycles. The van der Waals surface area contributed by atoms with Crippen LogP contribution in [0.4, 0.5) is 5.69 Å². The molecule has 15 heteroatoms. The predicted molar refractivity (Wildman–Crippen MR) is 210 cm³/mol. The standard InChI is InChI=1S/C42H45N7O8/c1-45(22-31-35(56-3)17-24(18-36(31)57-4)30-21-46(2)40(53)29-20-43-14-12-26(29)30)38(51)7-5-6-15-47-16-13-32-34(47)23-48(32)25-8-9-27-28(19-25)42(55)49(41(27)54)33-10-11-37(50)44-39(33)52/h8-9,12,14,17-21,32-34H,5-7,10-11,13,15-16,22-23H2,1-4H3,(H,44,50,52). The largest absolute Gasteiger partial charge is 0.496 e. The average molecular weight is 776 g/mol. The second-order valence-corrected chi connectivity index (χ2v) is 15.2. The number of unbranched alkanes of at least 4 members (excludes halogenated alkanes) is 1. The SMILES string of the molecule is COc1cc(-c2cn(C)c(=O)c3cnccc23)cc(OC)c1CN(C)C(=O)CCCCN1CCC2C1CN2c1ccc2c(c1)C(=O)N(C1CCC(=O)NC1=O)C2=O. The van der Waals surface area contributed by atoms with E-state index < -0.39 is 29.7 Å². The minimum Gasteiger partial charge on any atom is -0.496 e. The molecule has 296 valence electrons. The number of anilines is 1. The molecule has 8 rings (SSSR count).